The van der Waals surface area contributed by atoms with Gasteiger partial charge in [-0.15, -0.1) is 0 Å². The summed E-state index contributed by atoms with van der Waals surface area (Å²) in [5.74, 6) is 1.11. The van der Waals surface area contributed by atoms with Crippen molar-refractivity contribution in [1.82, 2.24) is 4.90 Å². The molecular weight excluding hydrogens is 372 g/mol. The number of ether oxygens (including phenoxy) is 3. The van der Waals surface area contributed by atoms with Crippen LogP contribution in [0.25, 0.3) is 0 Å². The van der Waals surface area contributed by atoms with Crippen molar-refractivity contribution in [2.45, 2.75) is 19.1 Å². The van der Waals surface area contributed by atoms with E-state index in [0.29, 0.717) is 54.8 Å². The highest BCUT2D eigenvalue weighted by atomic mass is 16.7. The molecule has 2 amide bonds. The molecule has 2 aromatic rings. The van der Waals surface area contributed by atoms with Crippen LogP contribution < -0.4 is 10.5 Å². The van der Waals surface area contributed by atoms with Gasteiger partial charge >= 0.3 is 0 Å². The lowest BCUT2D eigenvalue weighted by Gasteiger charge is -2.33. The topological polar surface area (TPSA) is 91.1 Å². The lowest BCUT2D eigenvalue weighted by Crippen LogP contribution is -2.41. The van der Waals surface area contributed by atoms with E-state index in [0.717, 1.165) is 12.8 Å². The van der Waals surface area contributed by atoms with Crippen molar-refractivity contribution in [3.8, 4) is 11.5 Å². The summed E-state index contributed by atoms with van der Waals surface area (Å²) in [6.07, 6.45) is 1.67. The molecule has 0 bridgehead atoms. The normalized spacial score (nSPS) is 18.0. The van der Waals surface area contributed by atoms with Crippen molar-refractivity contribution in [1.29, 1.82) is 0 Å². The quantitative estimate of drug-likeness (QED) is 0.839. The molecule has 2 aromatic carbocycles. The van der Waals surface area contributed by atoms with Crippen LogP contribution in [0.1, 0.15) is 33.6 Å². The van der Waals surface area contributed by atoms with Crippen LogP contribution in [-0.2, 0) is 9.47 Å². The predicted molar refractivity (Wildman–Crippen MR) is 106 cm³/mol. The lowest BCUT2D eigenvalue weighted by molar-refractivity contribution is -0.0956. The average molecular weight is 396 g/mol. The van der Waals surface area contributed by atoms with Gasteiger partial charge in [-0.05, 0) is 61.4 Å². The van der Waals surface area contributed by atoms with E-state index in [1.807, 2.05) is 4.90 Å². The Morgan fingerprint density at radius 3 is 1.90 bits per heavy atom. The van der Waals surface area contributed by atoms with Crippen LogP contribution in [0.15, 0.2) is 48.5 Å². The number of rotatable bonds is 5. The number of amides is 2. The second-order valence-electron chi connectivity index (χ2n) is 7.25. The summed E-state index contributed by atoms with van der Waals surface area (Å²) in [4.78, 5) is 25.8. The van der Waals surface area contributed by atoms with E-state index in [2.05, 4.69) is 0 Å². The van der Waals surface area contributed by atoms with Crippen molar-refractivity contribution >= 4 is 11.8 Å². The average Bonchev–Trinajstić information content (AvgIpc) is 3.29. The highest BCUT2D eigenvalue weighted by molar-refractivity contribution is 5.94. The number of hydrogen-bond acceptors (Lipinski definition) is 5. The van der Waals surface area contributed by atoms with Crippen LogP contribution in [-0.4, -0.2) is 49.3 Å². The molecule has 2 aliphatic rings. The molecular formula is C22H24N2O5. The van der Waals surface area contributed by atoms with Crippen LogP contribution in [0.4, 0.5) is 0 Å². The first-order valence-electron chi connectivity index (χ1n) is 9.80. The SMILES string of the molecule is NC(=O)c1ccc(Oc2ccc(C(=O)N3CCC(C4OCCO4)CC3)cc2)cc1. The summed E-state index contributed by atoms with van der Waals surface area (Å²) in [6, 6.07) is 13.7. The molecule has 2 N–H and O–H groups in total. The molecule has 2 fully saturated rings. The van der Waals surface area contributed by atoms with Crippen molar-refractivity contribution in [3.05, 3.63) is 59.7 Å². The van der Waals surface area contributed by atoms with E-state index in [9.17, 15) is 9.59 Å². The molecule has 0 saturated carbocycles. The van der Waals surface area contributed by atoms with Gasteiger partial charge in [-0.25, -0.2) is 0 Å². The van der Waals surface area contributed by atoms with Gasteiger partial charge in [-0.1, -0.05) is 0 Å². The Morgan fingerprint density at radius 2 is 1.38 bits per heavy atom. The number of hydrogen-bond donors (Lipinski definition) is 1. The lowest BCUT2D eigenvalue weighted by atomic mass is 9.95. The fraction of sp³-hybridized carbons (Fsp3) is 0.364. The number of benzene rings is 2. The molecule has 0 spiro atoms. The van der Waals surface area contributed by atoms with E-state index in [-0.39, 0.29) is 12.2 Å². The highest BCUT2D eigenvalue weighted by Crippen LogP contribution is 2.27. The minimum atomic E-state index is -0.480. The molecule has 0 radical (unpaired) electrons. The first-order chi connectivity index (χ1) is 14.1. The molecule has 152 valence electrons. The van der Waals surface area contributed by atoms with Gasteiger partial charge in [0.1, 0.15) is 11.5 Å². The maximum absolute atomic E-state index is 12.8. The summed E-state index contributed by atoms with van der Waals surface area (Å²) < 4.78 is 16.9. The predicted octanol–water partition coefficient (Wildman–Crippen LogP) is 2.80. The minimum absolute atomic E-state index is 0.0223. The Hall–Kier alpha value is -2.90. The molecule has 2 aliphatic heterocycles. The maximum Gasteiger partial charge on any atom is 0.253 e. The molecule has 7 heteroatoms. The zero-order chi connectivity index (χ0) is 20.2. The van der Waals surface area contributed by atoms with Gasteiger partial charge in [0.25, 0.3) is 5.91 Å². The summed E-state index contributed by atoms with van der Waals surface area (Å²) in [6.45, 7) is 2.73. The van der Waals surface area contributed by atoms with Gasteiger partial charge in [0.05, 0.1) is 13.2 Å². The Labute approximate surface area is 169 Å². The zero-order valence-corrected chi connectivity index (χ0v) is 16.1. The molecule has 0 aliphatic carbocycles. The number of likely N-dealkylation sites (tertiary alicyclic amines) is 1. The second kappa shape index (κ2) is 8.63. The smallest absolute Gasteiger partial charge is 0.253 e. The molecule has 0 unspecified atom stereocenters. The number of carbonyl (C=O) groups excluding carboxylic acids is 2. The molecule has 29 heavy (non-hydrogen) atoms. The molecule has 0 aromatic heterocycles. The standard InChI is InChI=1S/C22H24N2O5/c23-20(25)15-1-5-18(6-2-15)29-19-7-3-16(4-8-19)21(26)24-11-9-17(10-12-24)22-27-13-14-28-22/h1-8,17,22H,9-14H2,(H2,23,25). The molecule has 4 rings (SSSR count). The Bertz CT molecular complexity index is 852. The van der Waals surface area contributed by atoms with E-state index < -0.39 is 5.91 Å². The molecule has 2 heterocycles. The number of nitrogens with zero attached hydrogens (tertiary/aromatic N) is 1. The third-order valence-corrected chi connectivity index (χ3v) is 5.34. The Kier molecular flexibility index (Phi) is 5.78. The van der Waals surface area contributed by atoms with E-state index in [1.165, 1.54) is 0 Å². The largest absolute Gasteiger partial charge is 0.457 e. The number of piperidine rings is 1. The third kappa shape index (κ3) is 4.58. The number of carbonyl (C=O) groups is 2. The fourth-order valence-corrected chi connectivity index (χ4v) is 3.69. The molecule has 2 saturated heterocycles. The van der Waals surface area contributed by atoms with Crippen LogP contribution in [0, 0.1) is 5.92 Å². The summed E-state index contributed by atoms with van der Waals surface area (Å²) >= 11 is 0. The Balaban J connectivity index is 1.32. The second-order valence-corrected chi connectivity index (χ2v) is 7.25. The van der Waals surface area contributed by atoms with Gasteiger partial charge in [0.2, 0.25) is 5.91 Å². The third-order valence-electron chi connectivity index (χ3n) is 5.34. The van der Waals surface area contributed by atoms with E-state index in [4.69, 9.17) is 19.9 Å². The highest BCUT2D eigenvalue weighted by Gasteiger charge is 2.32. The van der Waals surface area contributed by atoms with Crippen LogP contribution in [0.3, 0.4) is 0 Å². The van der Waals surface area contributed by atoms with Crippen LogP contribution in [0.5, 0.6) is 11.5 Å². The van der Waals surface area contributed by atoms with Gasteiger partial charge < -0.3 is 24.8 Å². The number of primary amides is 1. The molecule has 7 nitrogen and oxygen atoms in total. The van der Waals surface area contributed by atoms with E-state index >= 15 is 0 Å². The maximum atomic E-state index is 12.8. The summed E-state index contributed by atoms with van der Waals surface area (Å²) in [5, 5.41) is 0. The van der Waals surface area contributed by atoms with Gasteiger partial charge in [-0.2, -0.15) is 0 Å². The van der Waals surface area contributed by atoms with Crippen molar-refractivity contribution in [3.63, 3.8) is 0 Å². The Morgan fingerprint density at radius 1 is 0.862 bits per heavy atom. The van der Waals surface area contributed by atoms with Gasteiger partial charge in [0.15, 0.2) is 6.29 Å². The monoisotopic (exact) mass is 396 g/mol. The number of nitrogens with two attached hydrogens (primary N) is 1. The first kappa shape index (κ1) is 19.4. The van der Waals surface area contributed by atoms with Crippen LogP contribution >= 0.6 is 0 Å². The summed E-state index contributed by atoms with van der Waals surface area (Å²) in [5.41, 5.74) is 6.29. The van der Waals surface area contributed by atoms with Gasteiger partial charge in [-0.3, -0.25) is 9.59 Å². The van der Waals surface area contributed by atoms with Crippen molar-refractivity contribution in [2.24, 2.45) is 11.7 Å². The first-order valence-corrected chi connectivity index (χ1v) is 9.80. The van der Waals surface area contributed by atoms with Gasteiger partial charge in [0, 0.05) is 30.1 Å². The fourth-order valence-electron chi connectivity index (χ4n) is 3.69. The molecule has 0 atom stereocenters. The van der Waals surface area contributed by atoms with Crippen molar-refractivity contribution in [2.75, 3.05) is 26.3 Å². The summed E-state index contributed by atoms with van der Waals surface area (Å²) in [7, 11) is 0. The van der Waals surface area contributed by atoms with Crippen molar-refractivity contribution < 1.29 is 23.8 Å². The minimum Gasteiger partial charge on any atom is -0.457 e. The zero-order valence-electron chi connectivity index (χ0n) is 16.1. The van der Waals surface area contributed by atoms with E-state index in [1.54, 1.807) is 48.5 Å². The van der Waals surface area contributed by atoms with Crippen LogP contribution in [0.2, 0.25) is 0 Å².